The third-order valence-corrected chi connectivity index (χ3v) is 8.42. The van der Waals surface area contributed by atoms with Crippen LogP contribution < -0.4 is 19.1 Å². The molecule has 10 heteroatoms. The zero-order chi connectivity index (χ0) is 30.1. The average molecular weight is 599 g/mol. The minimum atomic E-state index is -0.966. The Hall–Kier alpha value is -4.83. The van der Waals surface area contributed by atoms with Crippen LogP contribution in [0, 0.1) is 0 Å². The third-order valence-electron chi connectivity index (χ3n) is 7.41. The van der Waals surface area contributed by atoms with Crippen molar-refractivity contribution < 1.29 is 33.3 Å². The molecule has 0 saturated heterocycles. The molecule has 3 aromatic carbocycles. The Balaban J connectivity index is 1.42. The SMILES string of the molecule is CCCCCOc1ccc(C2C(C(=O)c3cc4cccc(OC)c4o3)=C(O)C(=O)N2c2nc3ccc(OC)cc3s2)cc1. The highest BCUT2D eigenvalue weighted by Crippen LogP contribution is 2.45. The molecule has 3 heterocycles. The van der Waals surface area contributed by atoms with Gasteiger partial charge in [-0.25, -0.2) is 4.98 Å². The lowest BCUT2D eigenvalue weighted by atomic mass is 9.95. The topological polar surface area (TPSA) is 111 Å². The standard InChI is InChI=1S/C33H30N2O7S/c1-4-5-6-16-41-21-12-10-19(11-13-21)28-27(29(36)25-17-20-8-7-9-24(40-3)31(20)42-25)30(37)32(38)35(28)33-34-23-15-14-22(39-2)18-26(23)43-33/h7-15,17-18,28,37H,4-6,16H2,1-3H3. The van der Waals surface area contributed by atoms with Gasteiger partial charge >= 0.3 is 0 Å². The van der Waals surface area contributed by atoms with Crippen LogP contribution in [0.1, 0.15) is 48.3 Å². The van der Waals surface area contributed by atoms with Crippen molar-refractivity contribution in [2.24, 2.45) is 0 Å². The number of carbonyl (C=O) groups excluding carboxylic acids is 2. The normalized spacial score (nSPS) is 15.1. The Morgan fingerprint density at radius 2 is 1.81 bits per heavy atom. The van der Waals surface area contributed by atoms with Crippen LogP contribution in [-0.4, -0.2) is 42.6 Å². The molecule has 1 N–H and O–H groups in total. The first-order valence-electron chi connectivity index (χ1n) is 14.0. The van der Waals surface area contributed by atoms with Gasteiger partial charge in [0.15, 0.2) is 28.0 Å². The summed E-state index contributed by atoms with van der Waals surface area (Å²) in [6.45, 7) is 2.73. The van der Waals surface area contributed by atoms with E-state index in [0.717, 1.165) is 24.0 Å². The van der Waals surface area contributed by atoms with Gasteiger partial charge in [0.05, 0.1) is 42.7 Å². The maximum Gasteiger partial charge on any atom is 0.296 e. The fourth-order valence-corrected chi connectivity index (χ4v) is 6.22. The summed E-state index contributed by atoms with van der Waals surface area (Å²) < 4.78 is 23.4. The number of anilines is 1. The quantitative estimate of drug-likeness (QED) is 0.124. The molecular formula is C33H30N2O7S. The molecule has 1 aliphatic rings. The number of aromatic nitrogens is 1. The number of carbonyl (C=O) groups is 2. The van der Waals surface area contributed by atoms with Gasteiger partial charge < -0.3 is 23.7 Å². The second-order valence-electron chi connectivity index (χ2n) is 10.1. The predicted octanol–water partition coefficient (Wildman–Crippen LogP) is 7.41. The van der Waals surface area contributed by atoms with Gasteiger partial charge in [-0.2, -0.15) is 0 Å². The van der Waals surface area contributed by atoms with E-state index in [0.29, 0.717) is 51.0 Å². The summed E-state index contributed by atoms with van der Waals surface area (Å²) >= 11 is 1.27. The Bertz CT molecular complexity index is 1850. The van der Waals surface area contributed by atoms with Crippen LogP contribution in [-0.2, 0) is 4.79 Å². The van der Waals surface area contributed by atoms with Crippen LogP contribution in [0.2, 0.25) is 0 Å². The molecule has 220 valence electrons. The number of amides is 1. The van der Waals surface area contributed by atoms with Gasteiger partial charge in [0, 0.05) is 5.39 Å². The Morgan fingerprint density at radius 1 is 1.02 bits per heavy atom. The lowest BCUT2D eigenvalue weighted by molar-refractivity contribution is -0.117. The molecular weight excluding hydrogens is 568 g/mol. The van der Waals surface area contributed by atoms with E-state index in [2.05, 4.69) is 11.9 Å². The van der Waals surface area contributed by atoms with Gasteiger partial charge in [0.2, 0.25) is 5.78 Å². The van der Waals surface area contributed by atoms with E-state index < -0.39 is 23.5 Å². The number of para-hydroxylation sites is 1. The highest BCUT2D eigenvalue weighted by atomic mass is 32.1. The number of methoxy groups -OCH3 is 2. The van der Waals surface area contributed by atoms with Crippen LogP contribution in [0.4, 0.5) is 5.13 Å². The number of fused-ring (bicyclic) bond motifs is 2. The fraction of sp³-hybridized carbons (Fsp3) is 0.242. The first-order valence-corrected chi connectivity index (χ1v) is 14.8. The second-order valence-corrected chi connectivity index (χ2v) is 11.1. The van der Waals surface area contributed by atoms with E-state index in [1.54, 1.807) is 67.8 Å². The Morgan fingerprint density at radius 3 is 2.56 bits per heavy atom. The second kappa shape index (κ2) is 11.8. The summed E-state index contributed by atoms with van der Waals surface area (Å²) in [6, 6.07) is 18.6. The Kier molecular flexibility index (Phi) is 7.77. The van der Waals surface area contributed by atoms with Gasteiger partial charge in [0.1, 0.15) is 11.5 Å². The maximum absolute atomic E-state index is 14.1. The summed E-state index contributed by atoms with van der Waals surface area (Å²) in [5.41, 5.74) is 1.56. The first kappa shape index (κ1) is 28.3. The average Bonchev–Trinajstić information content (AvgIpc) is 3.73. The van der Waals surface area contributed by atoms with Crippen molar-refractivity contribution in [3.63, 3.8) is 0 Å². The molecule has 5 aromatic rings. The largest absolute Gasteiger partial charge is 0.503 e. The molecule has 1 amide bonds. The van der Waals surface area contributed by atoms with Crippen molar-refractivity contribution in [1.29, 1.82) is 0 Å². The van der Waals surface area contributed by atoms with E-state index in [-0.39, 0.29) is 11.3 Å². The molecule has 0 fully saturated rings. The molecule has 0 saturated carbocycles. The number of hydrogen-bond donors (Lipinski definition) is 1. The molecule has 2 aromatic heterocycles. The number of unbranched alkanes of at least 4 members (excludes halogenated alkanes) is 2. The van der Waals surface area contributed by atoms with Crippen LogP contribution in [0.5, 0.6) is 17.2 Å². The van der Waals surface area contributed by atoms with Crippen LogP contribution >= 0.6 is 11.3 Å². The number of thiazole rings is 1. The predicted molar refractivity (Wildman–Crippen MR) is 165 cm³/mol. The van der Waals surface area contributed by atoms with Crippen LogP contribution in [0.25, 0.3) is 21.2 Å². The maximum atomic E-state index is 14.1. The van der Waals surface area contributed by atoms with Crippen LogP contribution in [0.15, 0.2) is 82.5 Å². The van der Waals surface area contributed by atoms with E-state index in [1.807, 2.05) is 6.07 Å². The van der Waals surface area contributed by atoms with Gasteiger partial charge in [-0.1, -0.05) is 55.4 Å². The van der Waals surface area contributed by atoms with Crippen molar-refractivity contribution in [3.8, 4) is 17.2 Å². The summed E-state index contributed by atoms with van der Waals surface area (Å²) in [6.07, 6.45) is 3.12. The number of hydrogen-bond acceptors (Lipinski definition) is 9. The van der Waals surface area contributed by atoms with Crippen molar-refractivity contribution in [2.75, 3.05) is 25.7 Å². The molecule has 0 bridgehead atoms. The molecule has 0 radical (unpaired) electrons. The zero-order valence-corrected chi connectivity index (χ0v) is 24.8. The smallest absolute Gasteiger partial charge is 0.296 e. The number of benzene rings is 3. The van der Waals surface area contributed by atoms with Gasteiger partial charge in [-0.15, -0.1) is 0 Å². The van der Waals surface area contributed by atoms with Gasteiger partial charge in [-0.05, 0) is 54.4 Å². The summed E-state index contributed by atoms with van der Waals surface area (Å²) in [7, 11) is 3.09. The number of aliphatic hydroxyl groups is 1. The minimum Gasteiger partial charge on any atom is -0.503 e. The molecule has 6 rings (SSSR count). The summed E-state index contributed by atoms with van der Waals surface area (Å²) in [4.78, 5) is 33.8. The number of furan rings is 1. The molecule has 0 aliphatic carbocycles. The summed E-state index contributed by atoms with van der Waals surface area (Å²) in [5, 5.41) is 12.2. The monoisotopic (exact) mass is 598 g/mol. The molecule has 9 nitrogen and oxygen atoms in total. The van der Waals surface area contributed by atoms with Gasteiger partial charge in [0.25, 0.3) is 5.91 Å². The molecule has 1 atom stereocenters. The number of ketones is 1. The number of rotatable bonds is 11. The Labute approximate surface area is 251 Å². The molecule has 1 unspecified atom stereocenters. The highest BCUT2D eigenvalue weighted by molar-refractivity contribution is 7.22. The van der Waals surface area contributed by atoms with Crippen LogP contribution in [0.3, 0.4) is 0 Å². The van der Waals surface area contributed by atoms with E-state index in [4.69, 9.17) is 18.6 Å². The highest BCUT2D eigenvalue weighted by Gasteiger charge is 2.46. The molecule has 1 aliphatic heterocycles. The number of nitrogens with zero attached hydrogens (tertiary/aromatic N) is 2. The number of aliphatic hydroxyl groups excluding tert-OH is 1. The van der Waals surface area contributed by atoms with E-state index in [1.165, 1.54) is 23.3 Å². The number of Topliss-reactive ketones (excluding diaryl/α,β-unsaturated/α-hetero) is 1. The lowest BCUT2D eigenvalue weighted by Crippen LogP contribution is -2.30. The summed E-state index contributed by atoms with van der Waals surface area (Å²) in [5.74, 6) is -0.223. The van der Waals surface area contributed by atoms with Crippen molar-refractivity contribution in [2.45, 2.75) is 32.2 Å². The van der Waals surface area contributed by atoms with Crippen molar-refractivity contribution in [3.05, 3.63) is 89.4 Å². The van der Waals surface area contributed by atoms with Gasteiger partial charge in [-0.3, -0.25) is 14.5 Å². The molecule has 0 spiro atoms. The number of ether oxygens (including phenoxy) is 3. The third kappa shape index (κ3) is 5.18. The molecule has 43 heavy (non-hydrogen) atoms. The first-order chi connectivity index (χ1) is 20.9. The fourth-order valence-electron chi connectivity index (χ4n) is 5.20. The lowest BCUT2D eigenvalue weighted by Gasteiger charge is -2.24. The van der Waals surface area contributed by atoms with Crippen molar-refractivity contribution >= 4 is 49.3 Å². The zero-order valence-electron chi connectivity index (χ0n) is 24.0. The minimum absolute atomic E-state index is 0.0226. The van der Waals surface area contributed by atoms with E-state index >= 15 is 0 Å². The van der Waals surface area contributed by atoms with Crippen molar-refractivity contribution in [1.82, 2.24) is 4.98 Å². The van der Waals surface area contributed by atoms with E-state index in [9.17, 15) is 14.7 Å².